The van der Waals surface area contributed by atoms with Crippen LogP contribution in [0.25, 0.3) is 87.6 Å². The Kier molecular flexibility index (Phi) is 6.25. The van der Waals surface area contributed by atoms with Gasteiger partial charge in [-0.3, -0.25) is 0 Å². The molecule has 0 fully saturated rings. The lowest BCUT2D eigenvalue weighted by Crippen LogP contribution is -1.93. The third kappa shape index (κ3) is 4.30. The van der Waals surface area contributed by atoms with Gasteiger partial charge in [0.2, 0.25) is 0 Å². The molecule has 0 amide bonds. The van der Waals surface area contributed by atoms with E-state index in [1.807, 2.05) is 0 Å². The van der Waals surface area contributed by atoms with Crippen LogP contribution < -0.4 is 0 Å². The first-order chi connectivity index (χ1) is 22.8. The van der Waals surface area contributed by atoms with Crippen LogP contribution in [0.15, 0.2) is 182 Å². The Morgan fingerprint density at radius 1 is 0.217 bits per heavy atom. The van der Waals surface area contributed by atoms with Crippen molar-refractivity contribution in [3.05, 3.63) is 182 Å². The van der Waals surface area contributed by atoms with Gasteiger partial charge in [-0.25, -0.2) is 0 Å². The molecule has 0 nitrogen and oxygen atoms in total. The molecule has 46 heavy (non-hydrogen) atoms. The largest absolute Gasteiger partial charge is 0.0622 e. The second-order valence-electron chi connectivity index (χ2n) is 12.1. The molecule has 0 aliphatic heterocycles. The predicted molar refractivity (Wildman–Crippen MR) is 198 cm³/mol. The quantitative estimate of drug-likeness (QED) is 0.181. The summed E-state index contributed by atoms with van der Waals surface area (Å²) in [4.78, 5) is 0. The number of hydrogen-bond donors (Lipinski definition) is 0. The van der Waals surface area contributed by atoms with Crippen molar-refractivity contribution < 1.29 is 0 Å². The molecule has 0 aliphatic rings. The van der Waals surface area contributed by atoms with Gasteiger partial charge in [-0.1, -0.05) is 176 Å². The molecule has 0 heteroatoms. The zero-order chi connectivity index (χ0) is 30.5. The highest BCUT2D eigenvalue weighted by Crippen LogP contribution is 2.46. The third-order valence-electron chi connectivity index (χ3n) is 9.46. The number of benzene rings is 9. The van der Waals surface area contributed by atoms with Gasteiger partial charge in [0.15, 0.2) is 0 Å². The third-order valence-corrected chi connectivity index (χ3v) is 9.46. The molecule has 0 aliphatic carbocycles. The average Bonchev–Trinajstić information content (AvgIpc) is 3.14. The van der Waals surface area contributed by atoms with Crippen molar-refractivity contribution in [1.82, 2.24) is 0 Å². The van der Waals surface area contributed by atoms with E-state index in [1.165, 1.54) is 87.6 Å². The van der Waals surface area contributed by atoms with Crippen molar-refractivity contribution in [1.29, 1.82) is 0 Å². The van der Waals surface area contributed by atoms with Crippen LogP contribution in [-0.2, 0) is 0 Å². The normalized spacial score (nSPS) is 11.5. The zero-order valence-corrected chi connectivity index (χ0v) is 25.3. The van der Waals surface area contributed by atoms with Crippen LogP contribution in [-0.4, -0.2) is 0 Å². The highest BCUT2D eigenvalue weighted by atomic mass is 14.2. The van der Waals surface area contributed by atoms with Gasteiger partial charge in [0, 0.05) is 0 Å². The van der Waals surface area contributed by atoms with Crippen molar-refractivity contribution >= 4 is 43.1 Å². The minimum atomic E-state index is 1.22. The highest BCUT2D eigenvalue weighted by Gasteiger charge is 2.19. The maximum Gasteiger partial charge on any atom is -0.00201 e. The Morgan fingerprint density at radius 3 is 1.33 bits per heavy atom. The van der Waals surface area contributed by atoms with Crippen LogP contribution in [0.1, 0.15) is 0 Å². The minimum absolute atomic E-state index is 1.22. The van der Waals surface area contributed by atoms with Crippen molar-refractivity contribution in [3.63, 3.8) is 0 Å². The molecule has 9 aromatic rings. The van der Waals surface area contributed by atoms with E-state index in [-0.39, 0.29) is 0 Å². The Bertz CT molecular complexity index is 2540. The van der Waals surface area contributed by atoms with Crippen LogP contribution in [0.4, 0.5) is 0 Å². The van der Waals surface area contributed by atoms with E-state index >= 15 is 0 Å². The molecule has 0 heterocycles. The second-order valence-corrected chi connectivity index (χ2v) is 12.1. The summed E-state index contributed by atoms with van der Waals surface area (Å²) in [6.45, 7) is 0. The summed E-state index contributed by atoms with van der Waals surface area (Å²) in [7, 11) is 0. The Morgan fingerprint density at radius 2 is 0.652 bits per heavy atom. The molecule has 0 radical (unpaired) electrons. The fourth-order valence-corrected chi connectivity index (χ4v) is 7.33. The lowest BCUT2D eigenvalue weighted by Gasteiger charge is -2.20. The van der Waals surface area contributed by atoms with Crippen LogP contribution in [0.2, 0.25) is 0 Å². The predicted octanol–water partition coefficient (Wildman–Crippen LogP) is 13.0. The molecule has 0 N–H and O–H groups in total. The molecular weight excluding hydrogens is 553 g/mol. The first-order valence-corrected chi connectivity index (χ1v) is 15.9. The topological polar surface area (TPSA) is 0 Å². The van der Waals surface area contributed by atoms with E-state index < -0.39 is 0 Å². The van der Waals surface area contributed by atoms with Crippen molar-refractivity contribution in [2.75, 3.05) is 0 Å². The highest BCUT2D eigenvalue weighted by molar-refractivity contribution is 6.22. The molecule has 0 aromatic heterocycles. The summed E-state index contributed by atoms with van der Waals surface area (Å²) in [6.07, 6.45) is 0. The van der Waals surface area contributed by atoms with Gasteiger partial charge in [0.1, 0.15) is 0 Å². The summed E-state index contributed by atoms with van der Waals surface area (Å²) in [5.41, 5.74) is 9.96. The molecule has 214 valence electrons. The van der Waals surface area contributed by atoms with Gasteiger partial charge in [-0.2, -0.15) is 0 Å². The standard InChI is InChI=1S/C46H30/c1-2-14-34(15-3-1)46-44-30-36(40-23-11-17-32-13-5-7-19-38(32)40)28-29-42(44)41-20-8-9-21-43(41)45(46)35-26-24-33(25-27-35)39-22-10-16-31-12-4-6-18-37(31)39/h1-30H. The summed E-state index contributed by atoms with van der Waals surface area (Å²) < 4.78 is 0. The lowest BCUT2D eigenvalue weighted by molar-refractivity contribution is 1.61. The first kappa shape index (κ1) is 26.4. The van der Waals surface area contributed by atoms with Crippen molar-refractivity contribution in [2.45, 2.75) is 0 Å². The maximum absolute atomic E-state index is 2.42. The van der Waals surface area contributed by atoms with Gasteiger partial charge in [-0.15, -0.1) is 0 Å². The Labute approximate surface area is 268 Å². The zero-order valence-electron chi connectivity index (χ0n) is 25.3. The molecule has 0 saturated heterocycles. The van der Waals surface area contributed by atoms with Crippen molar-refractivity contribution in [3.8, 4) is 44.5 Å². The van der Waals surface area contributed by atoms with Crippen LogP contribution in [0.5, 0.6) is 0 Å². The van der Waals surface area contributed by atoms with Crippen LogP contribution in [0, 0.1) is 0 Å². The SMILES string of the molecule is c1ccc(-c2c(-c3ccc(-c4cccc5ccccc45)cc3)c3ccccc3c3ccc(-c4cccc5ccccc45)cc23)cc1. The number of fused-ring (bicyclic) bond motifs is 5. The molecule has 0 saturated carbocycles. The monoisotopic (exact) mass is 582 g/mol. The van der Waals surface area contributed by atoms with E-state index in [0.717, 1.165) is 0 Å². The minimum Gasteiger partial charge on any atom is -0.0622 e. The molecule has 0 bridgehead atoms. The fourth-order valence-electron chi connectivity index (χ4n) is 7.33. The maximum atomic E-state index is 2.42. The molecule has 0 unspecified atom stereocenters. The van der Waals surface area contributed by atoms with Crippen LogP contribution >= 0.6 is 0 Å². The van der Waals surface area contributed by atoms with Crippen LogP contribution in [0.3, 0.4) is 0 Å². The molecule has 9 rings (SSSR count). The fraction of sp³-hybridized carbons (Fsp3) is 0. The van der Waals surface area contributed by atoms with E-state index in [0.29, 0.717) is 0 Å². The second kappa shape index (κ2) is 10.9. The molecule has 0 spiro atoms. The number of hydrogen-bond acceptors (Lipinski definition) is 0. The Balaban J connectivity index is 1.33. The van der Waals surface area contributed by atoms with Crippen molar-refractivity contribution in [2.24, 2.45) is 0 Å². The summed E-state index contributed by atoms with van der Waals surface area (Å²) >= 11 is 0. The van der Waals surface area contributed by atoms with E-state index in [1.54, 1.807) is 0 Å². The smallest absolute Gasteiger partial charge is 0.00201 e. The van der Waals surface area contributed by atoms with Gasteiger partial charge in [0.25, 0.3) is 0 Å². The van der Waals surface area contributed by atoms with E-state index in [2.05, 4.69) is 182 Å². The van der Waals surface area contributed by atoms with Gasteiger partial charge < -0.3 is 0 Å². The van der Waals surface area contributed by atoms with Gasteiger partial charge in [-0.05, 0) is 93.7 Å². The lowest BCUT2D eigenvalue weighted by atomic mass is 9.83. The van der Waals surface area contributed by atoms with Gasteiger partial charge >= 0.3 is 0 Å². The molecular formula is C46H30. The van der Waals surface area contributed by atoms with E-state index in [9.17, 15) is 0 Å². The summed E-state index contributed by atoms with van der Waals surface area (Å²) in [5, 5.41) is 10.2. The summed E-state index contributed by atoms with van der Waals surface area (Å²) in [6, 6.07) is 66.6. The molecule has 9 aromatic carbocycles. The number of rotatable bonds is 4. The molecule has 0 atom stereocenters. The average molecular weight is 583 g/mol. The Hall–Kier alpha value is -5.98. The van der Waals surface area contributed by atoms with Gasteiger partial charge in [0.05, 0.1) is 0 Å². The summed E-state index contributed by atoms with van der Waals surface area (Å²) in [5.74, 6) is 0. The van der Waals surface area contributed by atoms with E-state index in [4.69, 9.17) is 0 Å². The first-order valence-electron chi connectivity index (χ1n) is 15.9.